The van der Waals surface area contributed by atoms with E-state index in [1.807, 2.05) is 0 Å². The number of nitrogens with one attached hydrogen (secondary N) is 1. The van der Waals surface area contributed by atoms with Crippen LogP contribution in [-0.2, 0) is 4.79 Å². The Hall–Kier alpha value is -3.02. The quantitative estimate of drug-likeness (QED) is 0.770. The number of carboxylic acid groups (broad SMARTS) is 1. The summed E-state index contributed by atoms with van der Waals surface area (Å²) >= 11 is 0. The van der Waals surface area contributed by atoms with E-state index in [0.29, 0.717) is 22.9 Å². The number of carboxylic acids is 1. The molecule has 1 aliphatic rings. The molecule has 2 N–H and O–H groups in total. The van der Waals surface area contributed by atoms with Gasteiger partial charge in [0.2, 0.25) is 0 Å². The molecule has 6 heteroatoms. The number of hydrogen-bond acceptors (Lipinski definition) is 4. The number of anilines is 1. The second-order valence-corrected chi connectivity index (χ2v) is 5.94. The molecule has 0 aromatic heterocycles. The topological polar surface area (TPSA) is 84.9 Å². The maximum atomic E-state index is 12.3. The highest BCUT2D eigenvalue weighted by molar-refractivity contribution is 6.04. The van der Waals surface area contributed by atoms with Crippen molar-refractivity contribution in [1.29, 1.82) is 0 Å². The number of amides is 1. The van der Waals surface area contributed by atoms with Crippen LogP contribution < -0.4 is 14.8 Å². The van der Waals surface area contributed by atoms with Gasteiger partial charge in [-0.2, -0.15) is 0 Å². The van der Waals surface area contributed by atoms with Gasteiger partial charge in [-0.3, -0.25) is 4.79 Å². The lowest BCUT2D eigenvalue weighted by Crippen LogP contribution is -2.12. The van der Waals surface area contributed by atoms with Crippen molar-refractivity contribution in [2.75, 3.05) is 18.5 Å². The van der Waals surface area contributed by atoms with Crippen molar-refractivity contribution in [3.05, 3.63) is 54.1 Å². The van der Waals surface area contributed by atoms with Crippen LogP contribution in [-0.4, -0.2) is 30.2 Å². The van der Waals surface area contributed by atoms with Gasteiger partial charge in [0.15, 0.2) is 6.61 Å². The van der Waals surface area contributed by atoms with Crippen LogP contribution in [0.1, 0.15) is 23.2 Å². The number of hydrogen-bond donors (Lipinski definition) is 2. The SMILES string of the molecule is O=C(O)COc1cccc(NC(=O)c2ccc(OCC3CC3)cc2)c1. The third kappa shape index (κ3) is 5.24. The average molecular weight is 341 g/mol. The molecule has 25 heavy (non-hydrogen) atoms. The fourth-order valence-corrected chi connectivity index (χ4v) is 2.21. The van der Waals surface area contributed by atoms with E-state index in [1.54, 1.807) is 48.5 Å². The van der Waals surface area contributed by atoms with E-state index >= 15 is 0 Å². The van der Waals surface area contributed by atoms with Gasteiger partial charge in [-0.25, -0.2) is 4.79 Å². The molecule has 0 atom stereocenters. The van der Waals surface area contributed by atoms with Crippen LogP contribution in [0.3, 0.4) is 0 Å². The zero-order valence-electron chi connectivity index (χ0n) is 13.6. The molecule has 3 rings (SSSR count). The summed E-state index contributed by atoms with van der Waals surface area (Å²) in [5.74, 6) is 0.498. The van der Waals surface area contributed by atoms with Crippen LogP contribution in [0.15, 0.2) is 48.5 Å². The zero-order chi connectivity index (χ0) is 17.6. The Bertz CT molecular complexity index is 753. The van der Waals surface area contributed by atoms with Crippen molar-refractivity contribution < 1.29 is 24.2 Å². The molecule has 0 spiro atoms. The molecule has 130 valence electrons. The van der Waals surface area contributed by atoms with Crippen LogP contribution in [0.5, 0.6) is 11.5 Å². The summed E-state index contributed by atoms with van der Waals surface area (Å²) < 4.78 is 10.7. The molecule has 0 saturated heterocycles. The normalized spacial score (nSPS) is 13.1. The first-order chi connectivity index (χ1) is 12.1. The van der Waals surface area contributed by atoms with Crippen molar-refractivity contribution in [3.63, 3.8) is 0 Å². The molecule has 6 nitrogen and oxygen atoms in total. The highest BCUT2D eigenvalue weighted by atomic mass is 16.5. The lowest BCUT2D eigenvalue weighted by atomic mass is 10.2. The Labute approximate surface area is 145 Å². The highest BCUT2D eigenvalue weighted by Crippen LogP contribution is 2.29. The standard InChI is InChI=1S/C19H19NO5/c21-18(22)12-25-17-3-1-2-15(10-17)20-19(23)14-6-8-16(9-7-14)24-11-13-4-5-13/h1-3,6-10,13H,4-5,11-12H2,(H,20,23)(H,21,22). The van der Waals surface area contributed by atoms with Gasteiger partial charge in [0.1, 0.15) is 11.5 Å². The number of benzene rings is 2. The Morgan fingerprint density at radius 3 is 2.48 bits per heavy atom. The van der Waals surface area contributed by atoms with Gasteiger partial charge >= 0.3 is 5.97 Å². The molecule has 0 heterocycles. The fraction of sp³-hybridized carbons (Fsp3) is 0.263. The summed E-state index contributed by atoms with van der Waals surface area (Å²) in [6, 6.07) is 13.6. The average Bonchev–Trinajstić information content (AvgIpc) is 3.43. The van der Waals surface area contributed by atoms with Crippen LogP contribution in [0, 0.1) is 5.92 Å². The van der Waals surface area contributed by atoms with E-state index in [4.69, 9.17) is 14.6 Å². The van der Waals surface area contributed by atoms with Gasteiger partial charge in [-0.15, -0.1) is 0 Å². The number of carbonyl (C=O) groups is 2. The molecule has 1 aliphatic carbocycles. The van der Waals surface area contributed by atoms with E-state index in [1.165, 1.54) is 12.8 Å². The van der Waals surface area contributed by atoms with Gasteiger partial charge in [0.25, 0.3) is 5.91 Å². The van der Waals surface area contributed by atoms with Gasteiger partial charge in [-0.05, 0) is 55.2 Å². The minimum Gasteiger partial charge on any atom is -0.493 e. The van der Waals surface area contributed by atoms with Gasteiger partial charge in [0, 0.05) is 17.3 Å². The predicted molar refractivity (Wildman–Crippen MR) is 92.2 cm³/mol. The largest absolute Gasteiger partial charge is 0.493 e. The maximum absolute atomic E-state index is 12.3. The second-order valence-electron chi connectivity index (χ2n) is 5.94. The first-order valence-corrected chi connectivity index (χ1v) is 8.09. The molecule has 0 bridgehead atoms. The summed E-state index contributed by atoms with van der Waals surface area (Å²) in [5.41, 5.74) is 1.04. The predicted octanol–water partition coefficient (Wildman–Crippen LogP) is 3.19. The molecule has 1 amide bonds. The maximum Gasteiger partial charge on any atom is 0.341 e. The first-order valence-electron chi connectivity index (χ1n) is 8.09. The third-order valence-electron chi connectivity index (χ3n) is 3.75. The molecule has 0 radical (unpaired) electrons. The molecule has 0 unspecified atom stereocenters. The fourth-order valence-electron chi connectivity index (χ4n) is 2.21. The number of carbonyl (C=O) groups excluding carboxylic acids is 1. The minimum atomic E-state index is -1.06. The second kappa shape index (κ2) is 7.70. The van der Waals surface area contributed by atoms with Crippen LogP contribution in [0.2, 0.25) is 0 Å². The third-order valence-corrected chi connectivity index (χ3v) is 3.75. The zero-order valence-corrected chi connectivity index (χ0v) is 13.6. The molecule has 2 aromatic rings. The number of aliphatic carboxylic acids is 1. The smallest absolute Gasteiger partial charge is 0.341 e. The Kier molecular flexibility index (Phi) is 5.18. The molecular weight excluding hydrogens is 322 g/mol. The Balaban J connectivity index is 1.57. The van der Waals surface area contributed by atoms with E-state index < -0.39 is 12.6 Å². The Morgan fingerprint density at radius 2 is 1.80 bits per heavy atom. The summed E-state index contributed by atoms with van der Waals surface area (Å²) in [6.45, 7) is 0.300. The van der Waals surface area contributed by atoms with Crippen molar-refractivity contribution in [2.45, 2.75) is 12.8 Å². The van der Waals surface area contributed by atoms with Gasteiger partial charge in [-0.1, -0.05) is 6.07 Å². The van der Waals surface area contributed by atoms with Crippen molar-refractivity contribution in [2.24, 2.45) is 5.92 Å². The summed E-state index contributed by atoms with van der Waals surface area (Å²) in [7, 11) is 0. The van der Waals surface area contributed by atoms with E-state index in [-0.39, 0.29) is 5.91 Å². The van der Waals surface area contributed by atoms with E-state index in [9.17, 15) is 9.59 Å². The van der Waals surface area contributed by atoms with E-state index in [2.05, 4.69) is 5.32 Å². The molecule has 1 saturated carbocycles. The van der Waals surface area contributed by atoms with Crippen molar-refractivity contribution >= 4 is 17.6 Å². The van der Waals surface area contributed by atoms with Crippen LogP contribution in [0.25, 0.3) is 0 Å². The molecule has 0 aliphatic heterocycles. The van der Waals surface area contributed by atoms with Gasteiger partial charge in [0.05, 0.1) is 6.61 Å². The lowest BCUT2D eigenvalue weighted by Gasteiger charge is -2.09. The van der Waals surface area contributed by atoms with Crippen molar-refractivity contribution in [1.82, 2.24) is 0 Å². The molecule has 1 fully saturated rings. The number of rotatable bonds is 8. The summed E-state index contributed by atoms with van der Waals surface area (Å²) in [4.78, 5) is 22.8. The Morgan fingerprint density at radius 1 is 1.04 bits per heavy atom. The summed E-state index contributed by atoms with van der Waals surface area (Å²) in [5, 5.41) is 11.4. The van der Waals surface area contributed by atoms with Crippen LogP contribution in [0.4, 0.5) is 5.69 Å². The molecular formula is C19H19NO5. The first kappa shape index (κ1) is 16.8. The van der Waals surface area contributed by atoms with Crippen LogP contribution >= 0.6 is 0 Å². The summed E-state index contributed by atoms with van der Waals surface area (Å²) in [6.07, 6.45) is 2.46. The minimum absolute atomic E-state index is 0.260. The highest BCUT2D eigenvalue weighted by Gasteiger charge is 2.21. The number of ether oxygens (including phenoxy) is 2. The monoisotopic (exact) mass is 341 g/mol. The lowest BCUT2D eigenvalue weighted by molar-refractivity contribution is -0.139. The molecule has 2 aromatic carbocycles. The van der Waals surface area contributed by atoms with E-state index in [0.717, 1.165) is 12.4 Å². The van der Waals surface area contributed by atoms with Crippen molar-refractivity contribution in [3.8, 4) is 11.5 Å². The van der Waals surface area contributed by atoms with Gasteiger partial charge < -0.3 is 19.9 Å².